The molecule has 0 bridgehead atoms. The van der Waals surface area contributed by atoms with Crippen molar-refractivity contribution < 1.29 is 9.53 Å². The molecule has 0 aliphatic rings. The van der Waals surface area contributed by atoms with E-state index in [2.05, 4.69) is 10.9 Å². The normalized spacial score (nSPS) is 10.1. The molecule has 104 valence electrons. The minimum absolute atomic E-state index is 0.142. The van der Waals surface area contributed by atoms with Crippen LogP contribution in [0.5, 0.6) is 5.75 Å². The molecule has 0 aliphatic carbocycles. The van der Waals surface area contributed by atoms with Gasteiger partial charge in [0, 0.05) is 12.1 Å². The summed E-state index contributed by atoms with van der Waals surface area (Å²) in [6.45, 7) is 3.17. The van der Waals surface area contributed by atoms with E-state index in [1.54, 1.807) is 12.1 Å². The van der Waals surface area contributed by atoms with Gasteiger partial charge in [-0.15, -0.1) is 0 Å². The highest BCUT2D eigenvalue weighted by atomic mass is 16.5. The molecule has 0 saturated carbocycles. The number of hydrogen-bond donors (Lipinski definition) is 2. The van der Waals surface area contributed by atoms with E-state index in [4.69, 9.17) is 4.74 Å². The van der Waals surface area contributed by atoms with Crippen molar-refractivity contribution in [3.05, 3.63) is 65.7 Å². The van der Waals surface area contributed by atoms with Crippen molar-refractivity contribution in [2.45, 2.75) is 13.5 Å². The molecule has 2 aromatic rings. The van der Waals surface area contributed by atoms with Crippen molar-refractivity contribution in [2.24, 2.45) is 0 Å². The first kappa shape index (κ1) is 14.1. The van der Waals surface area contributed by atoms with Crippen LogP contribution in [0.2, 0.25) is 0 Å². The Bertz CT molecular complexity index is 538. The Morgan fingerprint density at radius 3 is 2.40 bits per heavy atom. The van der Waals surface area contributed by atoms with Gasteiger partial charge in [-0.2, -0.15) is 0 Å². The van der Waals surface area contributed by atoms with Crippen LogP contribution in [-0.2, 0) is 6.54 Å². The number of amides is 1. The number of carbonyl (C=O) groups is 1. The first-order chi connectivity index (χ1) is 9.79. The van der Waals surface area contributed by atoms with E-state index in [9.17, 15) is 4.79 Å². The lowest BCUT2D eigenvalue weighted by molar-refractivity contribution is 0.0932. The average Bonchev–Trinajstić information content (AvgIpc) is 2.50. The number of nitrogens with one attached hydrogen (secondary N) is 2. The molecule has 0 unspecified atom stereocenters. The van der Waals surface area contributed by atoms with Gasteiger partial charge in [-0.25, -0.2) is 5.43 Å². The lowest BCUT2D eigenvalue weighted by atomic mass is 10.2. The molecule has 0 atom stereocenters. The Hall–Kier alpha value is -2.33. The first-order valence-electron chi connectivity index (χ1n) is 6.59. The summed E-state index contributed by atoms with van der Waals surface area (Å²) in [4.78, 5) is 11.8. The second-order valence-corrected chi connectivity index (χ2v) is 4.25. The van der Waals surface area contributed by atoms with E-state index in [0.717, 1.165) is 11.3 Å². The average molecular weight is 270 g/mol. The van der Waals surface area contributed by atoms with Crippen LogP contribution < -0.4 is 15.6 Å². The highest BCUT2D eigenvalue weighted by Crippen LogP contribution is 2.11. The lowest BCUT2D eigenvalue weighted by Crippen LogP contribution is -2.36. The van der Waals surface area contributed by atoms with E-state index < -0.39 is 0 Å². The van der Waals surface area contributed by atoms with Crippen LogP contribution in [0.3, 0.4) is 0 Å². The summed E-state index contributed by atoms with van der Waals surface area (Å²) in [5, 5.41) is 0. The fraction of sp³-hybridized carbons (Fsp3) is 0.188. The van der Waals surface area contributed by atoms with Crippen LogP contribution in [-0.4, -0.2) is 12.5 Å². The van der Waals surface area contributed by atoms with Gasteiger partial charge >= 0.3 is 0 Å². The van der Waals surface area contributed by atoms with Crippen LogP contribution in [0.15, 0.2) is 54.6 Å². The smallest absolute Gasteiger partial charge is 0.265 e. The van der Waals surface area contributed by atoms with Gasteiger partial charge in [0.15, 0.2) is 0 Å². The number of benzene rings is 2. The third-order valence-corrected chi connectivity index (χ3v) is 2.76. The van der Waals surface area contributed by atoms with E-state index in [-0.39, 0.29) is 5.91 Å². The van der Waals surface area contributed by atoms with Gasteiger partial charge in [0.2, 0.25) is 0 Å². The Morgan fingerprint density at radius 2 is 1.75 bits per heavy atom. The number of hydrazine groups is 1. The van der Waals surface area contributed by atoms with Crippen molar-refractivity contribution in [3.8, 4) is 5.75 Å². The van der Waals surface area contributed by atoms with Gasteiger partial charge in [-0.1, -0.05) is 30.3 Å². The van der Waals surface area contributed by atoms with Crippen LogP contribution in [0, 0.1) is 0 Å². The molecule has 0 heterocycles. The van der Waals surface area contributed by atoms with E-state index >= 15 is 0 Å². The molecule has 0 aromatic heterocycles. The molecule has 0 radical (unpaired) electrons. The SMILES string of the molecule is CCOc1ccc(CNNC(=O)c2ccccc2)cc1. The molecule has 1 amide bonds. The molecule has 0 spiro atoms. The van der Waals surface area contributed by atoms with Crippen molar-refractivity contribution in [2.75, 3.05) is 6.61 Å². The molecule has 0 saturated heterocycles. The number of carbonyl (C=O) groups excluding carboxylic acids is 1. The molecule has 4 nitrogen and oxygen atoms in total. The molecule has 0 aliphatic heterocycles. The van der Waals surface area contributed by atoms with Gasteiger partial charge in [0.25, 0.3) is 5.91 Å². The standard InChI is InChI=1S/C16H18N2O2/c1-2-20-15-10-8-13(9-11-15)12-17-18-16(19)14-6-4-3-5-7-14/h3-11,17H,2,12H2,1H3,(H,18,19). The van der Waals surface area contributed by atoms with E-state index in [1.165, 1.54) is 0 Å². The fourth-order valence-electron chi connectivity index (χ4n) is 1.76. The quantitative estimate of drug-likeness (QED) is 0.793. The monoisotopic (exact) mass is 270 g/mol. The van der Waals surface area contributed by atoms with E-state index in [1.807, 2.05) is 49.4 Å². The largest absolute Gasteiger partial charge is 0.494 e. The summed E-state index contributed by atoms with van der Waals surface area (Å²) in [5.41, 5.74) is 7.28. The number of ether oxygens (including phenoxy) is 1. The third kappa shape index (κ3) is 4.10. The summed E-state index contributed by atoms with van der Waals surface area (Å²) in [5.74, 6) is 0.709. The summed E-state index contributed by atoms with van der Waals surface area (Å²) in [6, 6.07) is 16.9. The van der Waals surface area contributed by atoms with Crippen molar-refractivity contribution in [1.29, 1.82) is 0 Å². The van der Waals surface area contributed by atoms with Crippen LogP contribution in [0.25, 0.3) is 0 Å². The predicted octanol–water partition coefficient (Wildman–Crippen LogP) is 2.52. The maximum absolute atomic E-state index is 11.8. The van der Waals surface area contributed by atoms with Crippen molar-refractivity contribution in [3.63, 3.8) is 0 Å². The minimum Gasteiger partial charge on any atom is -0.494 e. The van der Waals surface area contributed by atoms with Gasteiger partial charge in [0.1, 0.15) is 5.75 Å². The summed E-state index contributed by atoms with van der Waals surface area (Å²) < 4.78 is 5.37. The minimum atomic E-state index is -0.142. The Labute approximate surface area is 118 Å². The van der Waals surface area contributed by atoms with E-state index in [0.29, 0.717) is 18.7 Å². The Kier molecular flexibility index (Phi) is 5.15. The van der Waals surface area contributed by atoms with Crippen LogP contribution in [0.4, 0.5) is 0 Å². The second kappa shape index (κ2) is 7.31. The van der Waals surface area contributed by atoms with Crippen molar-refractivity contribution in [1.82, 2.24) is 10.9 Å². The fourth-order valence-corrected chi connectivity index (χ4v) is 1.76. The maximum atomic E-state index is 11.8. The Balaban J connectivity index is 1.79. The molecule has 2 aromatic carbocycles. The highest BCUT2D eigenvalue weighted by molar-refractivity contribution is 5.93. The molecule has 20 heavy (non-hydrogen) atoms. The first-order valence-corrected chi connectivity index (χ1v) is 6.59. The summed E-state index contributed by atoms with van der Waals surface area (Å²) in [6.07, 6.45) is 0. The predicted molar refractivity (Wildman–Crippen MR) is 78.4 cm³/mol. The van der Waals surface area contributed by atoms with Gasteiger partial charge in [0.05, 0.1) is 6.61 Å². The zero-order valence-corrected chi connectivity index (χ0v) is 11.4. The van der Waals surface area contributed by atoms with Crippen molar-refractivity contribution >= 4 is 5.91 Å². The third-order valence-electron chi connectivity index (χ3n) is 2.76. The molecular weight excluding hydrogens is 252 g/mol. The van der Waals surface area contributed by atoms with Crippen LogP contribution >= 0.6 is 0 Å². The summed E-state index contributed by atoms with van der Waals surface area (Å²) in [7, 11) is 0. The molecule has 4 heteroatoms. The zero-order valence-electron chi connectivity index (χ0n) is 11.4. The topological polar surface area (TPSA) is 50.4 Å². The summed E-state index contributed by atoms with van der Waals surface area (Å²) >= 11 is 0. The molecular formula is C16H18N2O2. The zero-order chi connectivity index (χ0) is 14.2. The van der Waals surface area contributed by atoms with Gasteiger partial charge < -0.3 is 4.74 Å². The van der Waals surface area contributed by atoms with Gasteiger partial charge in [-0.05, 0) is 36.8 Å². The number of rotatable bonds is 6. The van der Waals surface area contributed by atoms with Gasteiger partial charge in [-0.3, -0.25) is 10.2 Å². The number of hydrogen-bond acceptors (Lipinski definition) is 3. The lowest BCUT2D eigenvalue weighted by Gasteiger charge is -2.08. The second-order valence-electron chi connectivity index (χ2n) is 4.25. The highest BCUT2D eigenvalue weighted by Gasteiger charge is 2.02. The molecule has 0 fully saturated rings. The molecule has 2 N–H and O–H groups in total. The molecule has 2 rings (SSSR count). The Morgan fingerprint density at radius 1 is 1.05 bits per heavy atom. The maximum Gasteiger partial charge on any atom is 0.265 e. The van der Waals surface area contributed by atoms with Crippen LogP contribution in [0.1, 0.15) is 22.8 Å².